The van der Waals surface area contributed by atoms with E-state index < -0.39 is 0 Å². The SMILES string of the molecule is Cc1cccc(C2Cc3c(-c4ccccc4)cc(-c4ccccc4)nc3O2)c1. The van der Waals surface area contributed by atoms with Crippen molar-refractivity contribution in [3.63, 3.8) is 0 Å². The first-order valence-corrected chi connectivity index (χ1v) is 9.66. The number of ether oxygens (including phenoxy) is 1. The summed E-state index contributed by atoms with van der Waals surface area (Å²) in [5.41, 5.74) is 8.11. The largest absolute Gasteiger partial charge is 0.469 e. The fraction of sp³-hybridized carbons (Fsp3) is 0.115. The van der Waals surface area contributed by atoms with Gasteiger partial charge in [-0.25, -0.2) is 4.98 Å². The van der Waals surface area contributed by atoms with Crippen LogP contribution in [0.15, 0.2) is 91.0 Å². The molecule has 0 N–H and O–H groups in total. The van der Waals surface area contributed by atoms with E-state index in [1.54, 1.807) is 0 Å². The molecular formula is C26H21NO. The van der Waals surface area contributed by atoms with Gasteiger partial charge >= 0.3 is 0 Å². The van der Waals surface area contributed by atoms with Gasteiger partial charge in [0.15, 0.2) is 0 Å². The molecule has 0 fully saturated rings. The molecule has 2 heteroatoms. The molecule has 0 saturated heterocycles. The highest BCUT2D eigenvalue weighted by Crippen LogP contribution is 2.42. The molecule has 0 saturated carbocycles. The molecule has 0 amide bonds. The van der Waals surface area contributed by atoms with E-state index in [4.69, 9.17) is 9.72 Å². The van der Waals surface area contributed by atoms with Crippen LogP contribution in [0.2, 0.25) is 0 Å². The van der Waals surface area contributed by atoms with E-state index in [-0.39, 0.29) is 6.10 Å². The topological polar surface area (TPSA) is 22.1 Å². The Kier molecular flexibility index (Phi) is 4.17. The molecule has 0 spiro atoms. The molecular weight excluding hydrogens is 342 g/mol. The Bertz CT molecular complexity index is 1120. The van der Waals surface area contributed by atoms with Crippen molar-refractivity contribution in [3.8, 4) is 28.3 Å². The maximum absolute atomic E-state index is 6.36. The Morgan fingerprint density at radius 3 is 2.21 bits per heavy atom. The van der Waals surface area contributed by atoms with Crippen LogP contribution in [0.3, 0.4) is 0 Å². The van der Waals surface area contributed by atoms with Crippen molar-refractivity contribution < 1.29 is 4.74 Å². The molecule has 5 rings (SSSR count). The molecule has 0 radical (unpaired) electrons. The fourth-order valence-electron chi connectivity index (χ4n) is 3.89. The van der Waals surface area contributed by atoms with Crippen molar-refractivity contribution in [2.45, 2.75) is 19.4 Å². The molecule has 1 aliphatic rings. The van der Waals surface area contributed by atoms with E-state index >= 15 is 0 Å². The van der Waals surface area contributed by atoms with Crippen molar-refractivity contribution in [3.05, 3.63) is 108 Å². The highest BCUT2D eigenvalue weighted by atomic mass is 16.5. The number of hydrogen-bond acceptors (Lipinski definition) is 2. The maximum Gasteiger partial charge on any atom is 0.218 e. The average Bonchev–Trinajstić information content (AvgIpc) is 3.19. The number of nitrogens with zero attached hydrogens (tertiary/aromatic N) is 1. The van der Waals surface area contributed by atoms with E-state index in [0.29, 0.717) is 0 Å². The molecule has 1 unspecified atom stereocenters. The number of hydrogen-bond donors (Lipinski definition) is 0. The summed E-state index contributed by atoms with van der Waals surface area (Å²) in [6, 6.07) is 31.6. The van der Waals surface area contributed by atoms with Crippen LogP contribution in [-0.4, -0.2) is 4.98 Å². The van der Waals surface area contributed by atoms with Gasteiger partial charge in [-0.1, -0.05) is 90.5 Å². The zero-order chi connectivity index (χ0) is 18.9. The van der Waals surface area contributed by atoms with Crippen LogP contribution in [0.1, 0.15) is 22.8 Å². The minimum atomic E-state index is 0.0101. The van der Waals surface area contributed by atoms with Gasteiger partial charge in [-0.05, 0) is 29.7 Å². The Morgan fingerprint density at radius 1 is 0.786 bits per heavy atom. The number of aryl methyl sites for hydroxylation is 1. The van der Waals surface area contributed by atoms with Crippen LogP contribution in [0, 0.1) is 6.92 Å². The first-order chi connectivity index (χ1) is 13.8. The van der Waals surface area contributed by atoms with E-state index in [1.165, 1.54) is 27.8 Å². The summed E-state index contributed by atoms with van der Waals surface area (Å²) >= 11 is 0. The molecule has 1 atom stereocenters. The van der Waals surface area contributed by atoms with Gasteiger partial charge in [-0.3, -0.25) is 0 Å². The van der Waals surface area contributed by atoms with Crippen molar-refractivity contribution in [1.82, 2.24) is 4.98 Å². The standard InChI is InChI=1S/C26H21NO/c1-18-9-8-14-21(15-18)25-17-23-22(19-10-4-2-5-11-19)16-24(27-26(23)28-25)20-12-6-3-7-13-20/h2-16,25H,17H2,1H3. The molecule has 28 heavy (non-hydrogen) atoms. The second-order valence-corrected chi connectivity index (χ2v) is 7.30. The van der Waals surface area contributed by atoms with Gasteiger partial charge in [0.1, 0.15) is 6.10 Å². The summed E-state index contributed by atoms with van der Waals surface area (Å²) in [5, 5.41) is 0. The lowest BCUT2D eigenvalue weighted by Crippen LogP contribution is -2.03. The number of aromatic nitrogens is 1. The third-order valence-corrected chi connectivity index (χ3v) is 5.30. The maximum atomic E-state index is 6.36. The molecule has 3 aromatic carbocycles. The highest BCUT2D eigenvalue weighted by molar-refractivity contribution is 5.76. The number of pyridine rings is 1. The van der Waals surface area contributed by atoms with Crippen LogP contribution >= 0.6 is 0 Å². The first kappa shape index (κ1) is 16.8. The molecule has 4 aromatic rings. The van der Waals surface area contributed by atoms with Gasteiger partial charge in [0, 0.05) is 17.5 Å². The second kappa shape index (κ2) is 6.97. The van der Waals surface area contributed by atoms with Gasteiger partial charge in [0.05, 0.1) is 5.69 Å². The summed E-state index contributed by atoms with van der Waals surface area (Å²) in [7, 11) is 0. The molecule has 0 bridgehead atoms. The molecule has 2 heterocycles. The normalized spacial score (nSPS) is 15.1. The fourth-order valence-corrected chi connectivity index (χ4v) is 3.89. The Balaban J connectivity index is 1.63. The van der Waals surface area contributed by atoms with Crippen LogP contribution in [0.25, 0.3) is 22.4 Å². The Hall–Kier alpha value is -3.39. The number of benzene rings is 3. The van der Waals surface area contributed by atoms with Gasteiger partial charge in [0.25, 0.3) is 0 Å². The van der Waals surface area contributed by atoms with Gasteiger partial charge < -0.3 is 4.74 Å². The third-order valence-electron chi connectivity index (χ3n) is 5.30. The lowest BCUT2D eigenvalue weighted by atomic mass is 9.94. The smallest absolute Gasteiger partial charge is 0.218 e. The lowest BCUT2D eigenvalue weighted by Gasteiger charge is -2.11. The second-order valence-electron chi connectivity index (χ2n) is 7.30. The van der Waals surface area contributed by atoms with E-state index in [2.05, 4.69) is 79.7 Å². The number of rotatable bonds is 3. The monoisotopic (exact) mass is 363 g/mol. The van der Waals surface area contributed by atoms with Crippen LogP contribution in [0.5, 0.6) is 5.88 Å². The predicted molar refractivity (Wildman–Crippen MR) is 113 cm³/mol. The van der Waals surface area contributed by atoms with E-state index in [9.17, 15) is 0 Å². The van der Waals surface area contributed by atoms with Crippen LogP contribution in [-0.2, 0) is 6.42 Å². The third kappa shape index (κ3) is 3.07. The summed E-state index contributed by atoms with van der Waals surface area (Å²) in [5.74, 6) is 0.756. The quantitative estimate of drug-likeness (QED) is 0.420. The predicted octanol–water partition coefficient (Wildman–Crippen LogP) is 6.40. The minimum Gasteiger partial charge on any atom is -0.469 e. The molecule has 136 valence electrons. The van der Waals surface area contributed by atoms with E-state index in [1.807, 2.05) is 18.2 Å². The van der Waals surface area contributed by atoms with Crippen molar-refractivity contribution >= 4 is 0 Å². The van der Waals surface area contributed by atoms with Crippen LogP contribution in [0.4, 0.5) is 0 Å². The zero-order valence-electron chi connectivity index (χ0n) is 15.8. The van der Waals surface area contributed by atoms with Gasteiger partial charge in [-0.15, -0.1) is 0 Å². The van der Waals surface area contributed by atoms with E-state index in [0.717, 1.165) is 23.6 Å². The molecule has 1 aliphatic heterocycles. The number of fused-ring (bicyclic) bond motifs is 1. The minimum absolute atomic E-state index is 0.0101. The molecule has 1 aromatic heterocycles. The van der Waals surface area contributed by atoms with Crippen molar-refractivity contribution in [1.29, 1.82) is 0 Å². The van der Waals surface area contributed by atoms with Gasteiger partial charge in [0.2, 0.25) is 5.88 Å². The first-order valence-electron chi connectivity index (χ1n) is 9.66. The lowest BCUT2D eigenvalue weighted by molar-refractivity contribution is 0.231. The summed E-state index contributed by atoms with van der Waals surface area (Å²) in [6.45, 7) is 2.12. The van der Waals surface area contributed by atoms with Crippen molar-refractivity contribution in [2.75, 3.05) is 0 Å². The average molecular weight is 363 g/mol. The molecule has 0 aliphatic carbocycles. The summed E-state index contributed by atoms with van der Waals surface area (Å²) < 4.78 is 6.36. The molecule has 2 nitrogen and oxygen atoms in total. The summed E-state index contributed by atoms with van der Waals surface area (Å²) in [4.78, 5) is 4.89. The van der Waals surface area contributed by atoms with Crippen LogP contribution < -0.4 is 4.74 Å². The Morgan fingerprint density at radius 2 is 1.50 bits per heavy atom. The van der Waals surface area contributed by atoms with Crippen molar-refractivity contribution in [2.24, 2.45) is 0 Å². The highest BCUT2D eigenvalue weighted by Gasteiger charge is 2.29. The summed E-state index contributed by atoms with van der Waals surface area (Å²) in [6.07, 6.45) is 0.848. The van der Waals surface area contributed by atoms with Gasteiger partial charge in [-0.2, -0.15) is 0 Å². The Labute approximate surface area is 165 Å². The zero-order valence-corrected chi connectivity index (χ0v) is 15.8.